The molecule has 2 rings (SSSR count). The Balaban J connectivity index is 1.95. The van der Waals surface area contributed by atoms with Crippen molar-refractivity contribution in [3.8, 4) is 0 Å². The van der Waals surface area contributed by atoms with Crippen LogP contribution in [0.1, 0.15) is 25.6 Å². The maximum atomic E-state index is 11.6. The van der Waals surface area contributed by atoms with Crippen LogP contribution in [0.5, 0.6) is 0 Å². The van der Waals surface area contributed by atoms with Gasteiger partial charge in [-0.3, -0.25) is 0 Å². The highest BCUT2D eigenvalue weighted by molar-refractivity contribution is 7.12. The van der Waals surface area contributed by atoms with Gasteiger partial charge in [-0.1, -0.05) is 18.2 Å². The van der Waals surface area contributed by atoms with E-state index in [1.165, 1.54) is 11.3 Å². The van der Waals surface area contributed by atoms with Gasteiger partial charge < -0.3 is 0 Å². The molecule has 0 saturated carbocycles. The van der Waals surface area contributed by atoms with Crippen molar-refractivity contribution in [1.29, 1.82) is 0 Å². The third-order valence-corrected chi connectivity index (χ3v) is 3.25. The van der Waals surface area contributed by atoms with Crippen LogP contribution in [0.3, 0.4) is 0 Å². The number of rotatable bonds is 2. The number of benzene rings is 1. The van der Waals surface area contributed by atoms with Crippen LogP contribution >= 0.6 is 11.3 Å². The molecule has 0 aliphatic rings. The molecule has 0 N–H and O–H groups in total. The zero-order valence-electron chi connectivity index (χ0n) is 9.58. The Labute approximate surface area is 108 Å². The smallest absolute Gasteiger partial charge is 0.242 e. The molecule has 0 fully saturated rings. The zero-order valence-corrected chi connectivity index (χ0v) is 10.4. The molecule has 0 amide bonds. The van der Waals surface area contributed by atoms with E-state index in [9.17, 15) is 9.59 Å². The van der Waals surface area contributed by atoms with E-state index in [4.69, 9.17) is 0 Å². The van der Waals surface area contributed by atoms with Gasteiger partial charge in [-0.05, 0) is 36.1 Å². The molecule has 1 heterocycles. The van der Waals surface area contributed by atoms with Gasteiger partial charge in [0, 0.05) is 0 Å². The maximum absolute atomic E-state index is 11.6. The van der Waals surface area contributed by atoms with E-state index in [0.29, 0.717) is 10.4 Å². The first kappa shape index (κ1) is 12.3. The first-order valence-electron chi connectivity index (χ1n) is 5.21. The van der Waals surface area contributed by atoms with Crippen molar-refractivity contribution in [2.24, 2.45) is 0 Å². The number of carbonyl (C=O) groups is 2. The summed E-state index contributed by atoms with van der Waals surface area (Å²) in [7, 11) is 0. The van der Waals surface area contributed by atoms with Gasteiger partial charge in [-0.2, -0.15) is 0 Å². The predicted molar refractivity (Wildman–Crippen MR) is 66.3 cm³/mol. The van der Waals surface area contributed by atoms with Crippen LogP contribution in [-0.4, -0.2) is 11.9 Å². The van der Waals surface area contributed by atoms with Crippen molar-refractivity contribution >= 4 is 23.3 Å². The minimum atomic E-state index is -0.696. The highest BCUT2D eigenvalue weighted by Gasteiger charge is 2.16. The standard InChI is InChI=1S/C13H10O4S/c1-9-7-8-18-11(9)13(15)17-16-12(14)10-5-3-2-4-6-10/h2-8H,1H3. The van der Waals surface area contributed by atoms with E-state index >= 15 is 0 Å². The monoisotopic (exact) mass is 262 g/mol. The molecule has 92 valence electrons. The molecular formula is C13H10O4S. The van der Waals surface area contributed by atoms with Crippen molar-refractivity contribution in [2.45, 2.75) is 6.92 Å². The number of thiophene rings is 1. The lowest BCUT2D eigenvalue weighted by atomic mass is 10.2. The summed E-state index contributed by atoms with van der Waals surface area (Å²) in [5, 5.41) is 1.77. The van der Waals surface area contributed by atoms with Gasteiger partial charge in [0.15, 0.2) is 0 Å². The molecule has 0 aliphatic heterocycles. The third kappa shape index (κ3) is 2.75. The highest BCUT2D eigenvalue weighted by atomic mass is 32.1. The SMILES string of the molecule is Cc1ccsc1C(=O)OOC(=O)c1ccccc1. The Morgan fingerprint density at radius 3 is 2.28 bits per heavy atom. The molecular weight excluding hydrogens is 252 g/mol. The molecule has 0 saturated heterocycles. The zero-order chi connectivity index (χ0) is 13.0. The van der Waals surface area contributed by atoms with Gasteiger partial charge in [0.05, 0.1) is 5.56 Å². The molecule has 0 atom stereocenters. The molecule has 0 aliphatic carbocycles. The normalized spacial score (nSPS) is 9.83. The van der Waals surface area contributed by atoms with Crippen LogP contribution in [0.15, 0.2) is 41.8 Å². The third-order valence-electron chi connectivity index (χ3n) is 2.25. The van der Waals surface area contributed by atoms with E-state index in [0.717, 1.165) is 5.56 Å². The van der Waals surface area contributed by atoms with Crippen molar-refractivity contribution < 1.29 is 19.4 Å². The summed E-state index contributed by atoms with van der Waals surface area (Å²) in [5.41, 5.74) is 1.12. The second kappa shape index (κ2) is 5.46. The van der Waals surface area contributed by atoms with E-state index < -0.39 is 11.9 Å². The van der Waals surface area contributed by atoms with Gasteiger partial charge in [-0.15, -0.1) is 11.3 Å². The molecule has 0 radical (unpaired) electrons. The van der Waals surface area contributed by atoms with Crippen molar-refractivity contribution in [3.05, 3.63) is 57.8 Å². The number of hydrogen-bond acceptors (Lipinski definition) is 5. The maximum Gasteiger partial charge on any atom is 0.396 e. The molecule has 18 heavy (non-hydrogen) atoms. The van der Waals surface area contributed by atoms with Crippen LogP contribution in [-0.2, 0) is 9.78 Å². The summed E-state index contributed by atoms with van der Waals surface area (Å²) >= 11 is 1.24. The van der Waals surface area contributed by atoms with Gasteiger partial charge in [-0.25, -0.2) is 19.4 Å². The van der Waals surface area contributed by atoms with Gasteiger partial charge in [0.25, 0.3) is 0 Å². The van der Waals surface area contributed by atoms with Crippen LogP contribution in [0.2, 0.25) is 0 Å². The molecule has 4 nitrogen and oxygen atoms in total. The summed E-state index contributed by atoms with van der Waals surface area (Å²) in [6.07, 6.45) is 0. The van der Waals surface area contributed by atoms with Gasteiger partial charge >= 0.3 is 11.9 Å². The second-order valence-corrected chi connectivity index (χ2v) is 4.46. The topological polar surface area (TPSA) is 52.6 Å². The minimum Gasteiger partial charge on any atom is -0.242 e. The Bertz CT molecular complexity index is 559. The Hall–Kier alpha value is -2.14. The number of carbonyl (C=O) groups excluding carboxylic acids is 2. The average Bonchev–Trinajstić information content (AvgIpc) is 2.83. The van der Waals surface area contributed by atoms with Crippen LogP contribution in [0.4, 0.5) is 0 Å². The lowest BCUT2D eigenvalue weighted by Crippen LogP contribution is -2.11. The largest absolute Gasteiger partial charge is 0.396 e. The van der Waals surface area contributed by atoms with Crippen molar-refractivity contribution in [3.63, 3.8) is 0 Å². The molecule has 0 spiro atoms. The van der Waals surface area contributed by atoms with Gasteiger partial charge in [0.2, 0.25) is 0 Å². The number of aryl methyl sites for hydroxylation is 1. The summed E-state index contributed by atoms with van der Waals surface area (Å²) in [4.78, 5) is 32.5. The van der Waals surface area contributed by atoms with E-state index in [-0.39, 0.29) is 0 Å². The minimum absolute atomic E-state index is 0.327. The summed E-state index contributed by atoms with van der Waals surface area (Å²) in [6, 6.07) is 10.1. The fourth-order valence-electron chi connectivity index (χ4n) is 1.32. The Morgan fingerprint density at radius 2 is 1.67 bits per heavy atom. The predicted octanol–water partition coefficient (Wildman–Crippen LogP) is 2.99. The molecule has 2 aromatic rings. The molecule has 5 heteroatoms. The second-order valence-electron chi connectivity index (χ2n) is 3.54. The van der Waals surface area contributed by atoms with Crippen molar-refractivity contribution in [2.75, 3.05) is 0 Å². The first-order valence-corrected chi connectivity index (χ1v) is 6.09. The highest BCUT2D eigenvalue weighted by Crippen LogP contribution is 2.16. The van der Waals surface area contributed by atoms with Gasteiger partial charge in [0.1, 0.15) is 4.88 Å². The van der Waals surface area contributed by atoms with Crippen LogP contribution in [0, 0.1) is 6.92 Å². The Kier molecular flexibility index (Phi) is 3.74. The molecule has 1 aromatic carbocycles. The Morgan fingerprint density at radius 1 is 1.00 bits per heavy atom. The fraction of sp³-hybridized carbons (Fsp3) is 0.0769. The first-order chi connectivity index (χ1) is 8.68. The van der Waals surface area contributed by atoms with Crippen LogP contribution in [0.25, 0.3) is 0 Å². The van der Waals surface area contributed by atoms with Crippen molar-refractivity contribution in [1.82, 2.24) is 0 Å². The van der Waals surface area contributed by atoms with Crippen LogP contribution < -0.4 is 0 Å². The fourth-order valence-corrected chi connectivity index (χ4v) is 2.11. The molecule has 0 unspecified atom stereocenters. The summed E-state index contributed by atoms with van der Waals surface area (Å²) in [6.45, 7) is 1.78. The molecule has 1 aromatic heterocycles. The quantitative estimate of drug-likeness (QED) is 0.616. The lowest BCUT2D eigenvalue weighted by Gasteiger charge is -2.02. The number of hydrogen-bond donors (Lipinski definition) is 0. The summed E-state index contributed by atoms with van der Waals surface area (Å²) in [5.74, 6) is -1.36. The lowest BCUT2D eigenvalue weighted by molar-refractivity contribution is -0.187. The summed E-state index contributed by atoms with van der Waals surface area (Å²) < 4.78 is 0. The van der Waals surface area contributed by atoms with E-state index in [1.807, 2.05) is 0 Å². The average molecular weight is 262 g/mol. The van der Waals surface area contributed by atoms with E-state index in [2.05, 4.69) is 9.78 Å². The van der Waals surface area contributed by atoms with E-state index in [1.54, 1.807) is 48.7 Å². The molecule has 0 bridgehead atoms.